The van der Waals surface area contributed by atoms with E-state index in [1.165, 1.54) is 0 Å². The van der Waals surface area contributed by atoms with Gasteiger partial charge in [-0.05, 0) is 68.6 Å². The van der Waals surface area contributed by atoms with E-state index in [1.807, 2.05) is 27.6 Å². The fourth-order valence-electron chi connectivity index (χ4n) is 4.53. The number of nitrogens with zero attached hydrogens (tertiary/aromatic N) is 4. The molecule has 0 spiro atoms. The number of aromatic nitrogens is 3. The summed E-state index contributed by atoms with van der Waals surface area (Å²) in [4.78, 5) is 0. The average Bonchev–Trinajstić information content (AvgIpc) is 3.48. The van der Waals surface area contributed by atoms with Gasteiger partial charge in [-0.1, -0.05) is 20.8 Å². The van der Waals surface area contributed by atoms with Gasteiger partial charge in [-0.15, -0.1) is 0 Å². The highest BCUT2D eigenvalue weighted by Gasteiger charge is 2.39. The standard InChI is InChI=1S/C30H44N4O5Si/c1-22(35)21-37-16-15-36-14-12-33-20-23(17-24(33)19-31)29-26-18-25(39-40(5,6)30(2,3)4)10-11-27(26)34(32-29)28-9-7-8-13-38-28/h10-11,17-18,20,22,28,35H,7-9,12-16,21H2,1-6H3/t22-,28?/m1/s1. The number of ether oxygens (including phenoxy) is 3. The Kier molecular flexibility index (Phi) is 9.75. The summed E-state index contributed by atoms with van der Waals surface area (Å²) in [6.45, 7) is 15.7. The molecule has 4 rings (SSSR count). The molecule has 2 aromatic heterocycles. The van der Waals surface area contributed by atoms with Crippen LogP contribution in [0, 0.1) is 11.3 Å². The van der Waals surface area contributed by atoms with Crippen LogP contribution in [0.3, 0.4) is 0 Å². The molecule has 1 unspecified atom stereocenters. The fourth-order valence-corrected chi connectivity index (χ4v) is 5.56. The molecule has 1 fully saturated rings. The second-order valence-corrected chi connectivity index (χ2v) is 16.8. The minimum Gasteiger partial charge on any atom is -0.543 e. The Labute approximate surface area is 238 Å². The first-order chi connectivity index (χ1) is 19.0. The lowest BCUT2D eigenvalue weighted by atomic mass is 10.1. The molecule has 0 saturated carbocycles. The van der Waals surface area contributed by atoms with Crippen molar-refractivity contribution in [1.82, 2.24) is 14.3 Å². The molecule has 1 aliphatic rings. The maximum absolute atomic E-state index is 9.86. The van der Waals surface area contributed by atoms with Crippen molar-refractivity contribution >= 4 is 19.2 Å². The number of aliphatic hydroxyl groups excluding tert-OH is 1. The predicted octanol–water partition coefficient (Wildman–Crippen LogP) is 5.87. The van der Waals surface area contributed by atoms with E-state index >= 15 is 0 Å². The maximum Gasteiger partial charge on any atom is 0.250 e. The molecular formula is C30H44N4O5Si. The molecule has 3 aromatic rings. The fraction of sp³-hybridized carbons (Fsp3) is 0.600. The summed E-state index contributed by atoms with van der Waals surface area (Å²) >= 11 is 0. The Hall–Kier alpha value is -2.68. The highest BCUT2D eigenvalue weighted by atomic mass is 28.4. The minimum atomic E-state index is -2.03. The lowest BCUT2D eigenvalue weighted by molar-refractivity contribution is -0.0365. The summed E-state index contributed by atoms with van der Waals surface area (Å²) in [6.07, 6.45) is 4.46. The lowest BCUT2D eigenvalue weighted by Gasteiger charge is -2.36. The molecule has 218 valence electrons. The van der Waals surface area contributed by atoms with Crippen molar-refractivity contribution in [2.75, 3.05) is 33.0 Å². The molecule has 1 aromatic carbocycles. The number of benzene rings is 1. The zero-order valence-corrected chi connectivity index (χ0v) is 25.8. The van der Waals surface area contributed by atoms with Crippen molar-refractivity contribution in [1.29, 1.82) is 5.26 Å². The van der Waals surface area contributed by atoms with Crippen LogP contribution in [0.15, 0.2) is 30.5 Å². The monoisotopic (exact) mass is 568 g/mol. The summed E-state index contributed by atoms with van der Waals surface area (Å²) in [5, 5.41) is 25.3. The average molecular weight is 569 g/mol. The normalized spacial score (nSPS) is 17.2. The summed E-state index contributed by atoms with van der Waals surface area (Å²) in [7, 11) is -2.03. The molecular weight excluding hydrogens is 524 g/mol. The first-order valence-corrected chi connectivity index (χ1v) is 17.2. The van der Waals surface area contributed by atoms with Gasteiger partial charge in [0.2, 0.25) is 8.32 Å². The van der Waals surface area contributed by atoms with Crippen LogP contribution in [0.4, 0.5) is 0 Å². The SMILES string of the molecule is C[C@@H](O)COCCOCCn1cc(-c2nn(C3CCCCO3)c3ccc(O[Si](C)(C)C(C)(C)C)cc23)cc1C#N. The van der Waals surface area contributed by atoms with Gasteiger partial charge in [-0.3, -0.25) is 0 Å². The quantitative estimate of drug-likeness (QED) is 0.215. The Balaban J connectivity index is 1.62. The second-order valence-electron chi connectivity index (χ2n) is 12.1. The van der Waals surface area contributed by atoms with Crippen molar-refractivity contribution in [3.63, 3.8) is 0 Å². The zero-order chi connectivity index (χ0) is 28.9. The van der Waals surface area contributed by atoms with Crippen LogP contribution in [-0.4, -0.2) is 66.9 Å². The molecule has 10 heteroatoms. The number of fused-ring (bicyclic) bond motifs is 1. The van der Waals surface area contributed by atoms with Gasteiger partial charge in [0.15, 0.2) is 6.23 Å². The Morgan fingerprint density at radius 2 is 1.95 bits per heavy atom. The third-order valence-electron chi connectivity index (χ3n) is 7.78. The molecule has 0 bridgehead atoms. The summed E-state index contributed by atoms with van der Waals surface area (Å²) in [5.74, 6) is 0.843. The number of aliphatic hydroxyl groups is 1. The van der Waals surface area contributed by atoms with Gasteiger partial charge >= 0.3 is 0 Å². The van der Waals surface area contributed by atoms with E-state index in [0.717, 1.165) is 53.8 Å². The first kappa shape index (κ1) is 30.3. The summed E-state index contributed by atoms with van der Waals surface area (Å²) in [6, 6.07) is 10.4. The van der Waals surface area contributed by atoms with E-state index in [-0.39, 0.29) is 17.9 Å². The van der Waals surface area contributed by atoms with E-state index in [0.29, 0.717) is 32.1 Å². The minimum absolute atomic E-state index is 0.0786. The third kappa shape index (κ3) is 7.14. The van der Waals surface area contributed by atoms with Crippen molar-refractivity contribution in [3.8, 4) is 23.1 Å². The van der Waals surface area contributed by atoms with Crippen LogP contribution in [0.25, 0.3) is 22.2 Å². The number of rotatable bonds is 12. The van der Waals surface area contributed by atoms with Gasteiger partial charge in [0.25, 0.3) is 0 Å². The van der Waals surface area contributed by atoms with Crippen LogP contribution in [0.2, 0.25) is 18.1 Å². The molecule has 9 nitrogen and oxygen atoms in total. The molecule has 0 radical (unpaired) electrons. The van der Waals surface area contributed by atoms with E-state index in [1.54, 1.807) is 6.92 Å². The molecule has 3 heterocycles. The van der Waals surface area contributed by atoms with Crippen LogP contribution in [-0.2, 0) is 20.8 Å². The maximum atomic E-state index is 9.86. The van der Waals surface area contributed by atoms with Gasteiger partial charge in [-0.2, -0.15) is 10.4 Å². The Bertz CT molecular complexity index is 1310. The van der Waals surface area contributed by atoms with Gasteiger partial charge in [0.05, 0.1) is 38.0 Å². The molecule has 0 aliphatic carbocycles. The highest BCUT2D eigenvalue weighted by Crippen LogP contribution is 2.40. The zero-order valence-electron chi connectivity index (χ0n) is 24.8. The number of hydrogen-bond acceptors (Lipinski definition) is 7. The number of hydrogen-bond donors (Lipinski definition) is 1. The van der Waals surface area contributed by atoms with Crippen LogP contribution in [0.5, 0.6) is 5.75 Å². The van der Waals surface area contributed by atoms with Crippen molar-refractivity contribution < 1.29 is 23.7 Å². The van der Waals surface area contributed by atoms with Crippen LogP contribution >= 0.6 is 0 Å². The Morgan fingerprint density at radius 3 is 2.62 bits per heavy atom. The Morgan fingerprint density at radius 1 is 1.18 bits per heavy atom. The lowest BCUT2D eigenvalue weighted by Crippen LogP contribution is -2.43. The third-order valence-corrected chi connectivity index (χ3v) is 12.1. The van der Waals surface area contributed by atoms with E-state index in [2.05, 4.69) is 52.1 Å². The molecule has 1 aliphatic heterocycles. The largest absolute Gasteiger partial charge is 0.543 e. The van der Waals surface area contributed by atoms with Crippen LogP contribution in [0.1, 0.15) is 58.9 Å². The molecule has 1 saturated heterocycles. The van der Waals surface area contributed by atoms with E-state index < -0.39 is 14.4 Å². The van der Waals surface area contributed by atoms with Gasteiger partial charge in [0, 0.05) is 30.3 Å². The molecule has 1 N–H and O–H groups in total. The second kappa shape index (κ2) is 12.9. The predicted molar refractivity (Wildman–Crippen MR) is 158 cm³/mol. The first-order valence-electron chi connectivity index (χ1n) is 14.3. The molecule has 2 atom stereocenters. The van der Waals surface area contributed by atoms with Gasteiger partial charge in [-0.25, -0.2) is 4.68 Å². The smallest absolute Gasteiger partial charge is 0.250 e. The summed E-state index contributed by atoms with van der Waals surface area (Å²) < 4.78 is 27.7. The molecule has 0 amide bonds. The van der Waals surface area contributed by atoms with Crippen molar-refractivity contribution in [2.45, 2.75) is 84.0 Å². The van der Waals surface area contributed by atoms with Gasteiger partial charge < -0.3 is 28.3 Å². The summed E-state index contributed by atoms with van der Waals surface area (Å²) in [5.41, 5.74) is 3.24. The highest BCUT2D eigenvalue weighted by molar-refractivity contribution is 6.74. The topological polar surface area (TPSA) is 104 Å². The van der Waals surface area contributed by atoms with E-state index in [9.17, 15) is 10.4 Å². The molecule has 40 heavy (non-hydrogen) atoms. The van der Waals surface area contributed by atoms with Crippen molar-refractivity contribution in [3.05, 3.63) is 36.2 Å². The van der Waals surface area contributed by atoms with Crippen molar-refractivity contribution in [2.24, 2.45) is 0 Å². The van der Waals surface area contributed by atoms with Crippen LogP contribution < -0.4 is 4.43 Å². The van der Waals surface area contributed by atoms with Gasteiger partial charge in [0.1, 0.15) is 23.2 Å². The number of nitriles is 1. The van der Waals surface area contributed by atoms with E-state index in [4.69, 9.17) is 23.7 Å².